The third-order valence-corrected chi connectivity index (χ3v) is 2.78. The maximum atomic E-state index is 6.13. The molecule has 0 aliphatic heterocycles. The van der Waals surface area contributed by atoms with Gasteiger partial charge in [-0.15, -0.1) is 0 Å². The van der Waals surface area contributed by atoms with Gasteiger partial charge < -0.3 is 15.2 Å². The van der Waals surface area contributed by atoms with Crippen molar-refractivity contribution in [1.29, 1.82) is 0 Å². The second kappa shape index (κ2) is 4.67. The molecule has 1 aromatic heterocycles. The molecular weight excluding hydrogens is 238 g/mol. The number of aromatic nitrogens is 1. The SMILES string of the molecule is Cc1cc(CN(C)c2c(N)cccc2Cl)no1. The summed E-state index contributed by atoms with van der Waals surface area (Å²) in [7, 11) is 1.92. The van der Waals surface area contributed by atoms with Crippen LogP contribution in [0.3, 0.4) is 0 Å². The van der Waals surface area contributed by atoms with E-state index in [-0.39, 0.29) is 0 Å². The molecule has 0 fully saturated rings. The number of hydrogen-bond donors (Lipinski definition) is 1. The maximum absolute atomic E-state index is 6.13. The Morgan fingerprint density at radius 2 is 2.24 bits per heavy atom. The highest BCUT2D eigenvalue weighted by Crippen LogP contribution is 2.31. The van der Waals surface area contributed by atoms with E-state index < -0.39 is 0 Å². The van der Waals surface area contributed by atoms with Crippen LogP contribution in [0.5, 0.6) is 0 Å². The number of nitrogens with two attached hydrogens (primary N) is 1. The summed E-state index contributed by atoms with van der Waals surface area (Å²) in [6.45, 7) is 2.46. The smallest absolute Gasteiger partial charge is 0.133 e. The quantitative estimate of drug-likeness (QED) is 0.853. The minimum Gasteiger partial charge on any atom is -0.397 e. The van der Waals surface area contributed by atoms with Crippen LogP contribution in [0.4, 0.5) is 11.4 Å². The van der Waals surface area contributed by atoms with Gasteiger partial charge in [-0.1, -0.05) is 22.8 Å². The molecule has 2 rings (SSSR count). The van der Waals surface area contributed by atoms with Gasteiger partial charge in [0.2, 0.25) is 0 Å². The topological polar surface area (TPSA) is 55.3 Å². The van der Waals surface area contributed by atoms with Gasteiger partial charge in [0.15, 0.2) is 0 Å². The van der Waals surface area contributed by atoms with Gasteiger partial charge in [0, 0.05) is 13.1 Å². The number of rotatable bonds is 3. The van der Waals surface area contributed by atoms with Crippen molar-refractivity contribution < 1.29 is 4.52 Å². The van der Waals surface area contributed by atoms with Crippen LogP contribution in [0, 0.1) is 6.92 Å². The van der Waals surface area contributed by atoms with Gasteiger partial charge in [-0.2, -0.15) is 0 Å². The molecule has 0 bridgehead atoms. The highest BCUT2D eigenvalue weighted by Gasteiger charge is 2.11. The fourth-order valence-electron chi connectivity index (χ4n) is 1.75. The highest BCUT2D eigenvalue weighted by molar-refractivity contribution is 6.33. The monoisotopic (exact) mass is 251 g/mol. The summed E-state index contributed by atoms with van der Waals surface area (Å²) in [6.07, 6.45) is 0. The lowest BCUT2D eigenvalue weighted by Crippen LogP contribution is -2.18. The summed E-state index contributed by atoms with van der Waals surface area (Å²) >= 11 is 6.13. The summed E-state index contributed by atoms with van der Waals surface area (Å²) in [5.74, 6) is 0.792. The zero-order valence-electron chi connectivity index (χ0n) is 9.77. The van der Waals surface area contributed by atoms with Gasteiger partial charge in [0.1, 0.15) is 11.5 Å². The number of nitrogens with zero attached hydrogens (tertiary/aromatic N) is 2. The first-order chi connectivity index (χ1) is 8.08. The molecule has 0 amide bonds. The van der Waals surface area contributed by atoms with Gasteiger partial charge in [-0.05, 0) is 19.1 Å². The van der Waals surface area contributed by atoms with E-state index in [2.05, 4.69) is 5.16 Å². The third-order valence-electron chi connectivity index (χ3n) is 2.48. The molecule has 90 valence electrons. The predicted octanol–water partition coefficient (Wildman–Crippen LogP) is 2.86. The molecule has 0 saturated heterocycles. The van der Waals surface area contributed by atoms with Crippen molar-refractivity contribution in [2.75, 3.05) is 17.7 Å². The summed E-state index contributed by atoms with van der Waals surface area (Å²) in [5, 5.41) is 4.57. The first kappa shape index (κ1) is 11.8. The van der Waals surface area contributed by atoms with Crippen LogP contribution in [0.15, 0.2) is 28.8 Å². The highest BCUT2D eigenvalue weighted by atomic mass is 35.5. The minimum absolute atomic E-state index is 0.602. The van der Waals surface area contributed by atoms with Crippen LogP contribution in [0.25, 0.3) is 0 Å². The van der Waals surface area contributed by atoms with Gasteiger partial charge in [0.05, 0.1) is 22.9 Å². The van der Waals surface area contributed by atoms with Crippen molar-refractivity contribution in [3.05, 3.63) is 40.7 Å². The molecular formula is C12H14ClN3O. The van der Waals surface area contributed by atoms with Crippen LogP contribution in [0.1, 0.15) is 11.5 Å². The average molecular weight is 252 g/mol. The summed E-state index contributed by atoms with van der Waals surface area (Å²) in [4.78, 5) is 1.95. The van der Waals surface area contributed by atoms with Gasteiger partial charge in [-0.25, -0.2) is 0 Å². The molecule has 1 aromatic carbocycles. The van der Waals surface area contributed by atoms with Crippen LogP contribution in [0.2, 0.25) is 5.02 Å². The first-order valence-electron chi connectivity index (χ1n) is 5.25. The van der Waals surface area contributed by atoms with E-state index in [9.17, 15) is 0 Å². The average Bonchev–Trinajstić information content (AvgIpc) is 2.63. The van der Waals surface area contributed by atoms with Crippen LogP contribution in [-0.2, 0) is 6.54 Å². The van der Waals surface area contributed by atoms with Gasteiger partial charge >= 0.3 is 0 Å². The Bertz CT molecular complexity index is 504. The molecule has 0 spiro atoms. The van der Waals surface area contributed by atoms with Crippen LogP contribution >= 0.6 is 11.6 Å². The van der Waals surface area contributed by atoms with Gasteiger partial charge in [0.25, 0.3) is 0 Å². The zero-order valence-corrected chi connectivity index (χ0v) is 10.5. The fraction of sp³-hybridized carbons (Fsp3) is 0.250. The van der Waals surface area contributed by atoms with E-state index in [1.165, 1.54) is 0 Å². The number of aryl methyl sites for hydroxylation is 1. The Labute approximate surface area is 105 Å². The molecule has 0 aliphatic carbocycles. The number of para-hydroxylation sites is 1. The largest absolute Gasteiger partial charge is 0.397 e. The van der Waals surface area contributed by atoms with Crippen molar-refractivity contribution in [2.24, 2.45) is 0 Å². The van der Waals surface area contributed by atoms with Crippen molar-refractivity contribution in [3.63, 3.8) is 0 Å². The lowest BCUT2D eigenvalue weighted by Gasteiger charge is -2.20. The van der Waals surface area contributed by atoms with E-state index in [0.717, 1.165) is 17.1 Å². The summed E-state index contributed by atoms with van der Waals surface area (Å²) in [6, 6.07) is 7.36. The molecule has 0 aliphatic rings. The number of benzene rings is 1. The number of hydrogen-bond acceptors (Lipinski definition) is 4. The molecule has 0 radical (unpaired) electrons. The Hall–Kier alpha value is -1.68. The normalized spacial score (nSPS) is 10.5. The Balaban J connectivity index is 2.22. The van der Waals surface area contributed by atoms with Crippen molar-refractivity contribution in [1.82, 2.24) is 5.16 Å². The first-order valence-corrected chi connectivity index (χ1v) is 5.63. The van der Waals surface area contributed by atoms with Crippen molar-refractivity contribution in [3.8, 4) is 0 Å². The molecule has 0 unspecified atom stereocenters. The number of anilines is 2. The second-order valence-electron chi connectivity index (χ2n) is 3.96. The number of halogens is 1. The molecule has 5 heteroatoms. The van der Waals surface area contributed by atoms with E-state index in [1.807, 2.05) is 43.1 Å². The molecule has 0 atom stereocenters. The lowest BCUT2D eigenvalue weighted by molar-refractivity contribution is 0.390. The summed E-state index contributed by atoms with van der Waals surface area (Å²) < 4.78 is 5.02. The molecule has 4 nitrogen and oxygen atoms in total. The molecule has 2 N–H and O–H groups in total. The standard InChI is InChI=1S/C12H14ClN3O/c1-8-6-9(15-17-8)7-16(2)12-10(13)4-3-5-11(12)14/h3-6H,7,14H2,1-2H3. The molecule has 1 heterocycles. The zero-order chi connectivity index (χ0) is 12.4. The molecule has 0 saturated carbocycles. The van der Waals surface area contributed by atoms with Gasteiger partial charge in [-0.3, -0.25) is 0 Å². The van der Waals surface area contributed by atoms with E-state index in [1.54, 1.807) is 0 Å². The Morgan fingerprint density at radius 3 is 2.82 bits per heavy atom. The van der Waals surface area contributed by atoms with E-state index >= 15 is 0 Å². The maximum Gasteiger partial charge on any atom is 0.133 e. The minimum atomic E-state index is 0.602. The second-order valence-corrected chi connectivity index (χ2v) is 4.37. The van der Waals surface area contributed by atoms with Crippen LogP contribution in [-0.4, -0.2) is 12.2 Å². The van der Waals surface area contributed by atoms with Crippen molar-refractivity contribution in [2.45, 2.75) is 13.5 Å². The third kappa shape index (κ3) is 2.53. The molecule has 2 aromatic rings. The Morgan fingerprint density at radius 1 is 1.47 bits per heavy atom. The fourth-order valence-corrected chi connectivity index (χ4v) is 2.08. The van der Waals surface area contributed by atoms with Crippen LogP contribution < -0.4 is 10.6 Å². The van der Waals surface area contributed by atoms with E-state index in [0.29, 0.717) is 17.3 Å². The number of nitrogen functional groups attached to an aromatic ring is 1. The van der Waals surface area contributed by atoms with E-state index in [4.69, 9.17) is 21.9 Å². The summed E-state index contributed by atoms with van der Waals surface area (Å²) in [5.41, 5.74) is 8.23. The molecule has 17 heavy (non-hydrogen) atoms. The van der Waals surface area contributed by atoms with Crippen molar-refractivity contribution >= 4 is 23.0 Å². The Kier molecular flexibility index (Phi) is 3.24. The predicted molar refractivity (Wildman–Crippen MR) is 69.2 cm³/mol. The lowest BCUT2D eigenvalue weighted by atomic mass is 10.2.